The molecule has 0 aromatic heterocycles. The molecule has 24 heavy (non-hydrogen) atoms. The Labute approximate surface area is 137 Å². The van der Waals surface area contributed by atoms with Gasteiger partial charge in [-0.15, -0.1) is 4.91 Å². The highest BCUT2D eigenvalue weighted by atomic mass is 16.5. The number of nitrogens with one attached hydrogen (secondary N) is 1. The molecular weight excluding hydrogens is 328 g/mol. The molecule has 0 saturated carbocycles. The van der Waals surface area contributed by atoms with Crippen molar-refractivity contribution in [2.24, 2.45) is 5.18 Å². The van der Waals surface area contributed by atoms with Crippen molar-refractivity contribution in [3.8, 4) is 0 Å². The zero-order valence-electron chi connectivity index (χ0n) is 13.1. The predicted molar refractivity (Wildman–Crippen MR) is 79.8 cm³/mol. The van der Waals surface area contributed by atoms with E-state index in [0.29, 0.717) is 0 Å². The van der Waals surface area contributed by atoms with E-state index in [1.54, 1.807) is 0 Å². The first-order valence-corrected chi connectivity index (χ1v) is 7.17. The van der Waals surface area contributed by atoms with Crippen LogP contribution in [0.2, 0.25) is 0 Å². The van der Waals surface area contributed by atoms with Crippen LogP contribution in [-0.4, -0.2) is 78.3 Å². The third kappa shape index (κ3) is 11.5. The molecule has 0 aliphatic heterocycles. The lowest BCUT2D eigenvalue weighted by molar-refractivity contribution is -0.139. The van der Waals surface area contributed by atoms with E-state index >= 15 is 0 Å². The average Bonchev–Trinajstić information content (AvgIpc) is 2.51. The van der Waals surface area contributed by atoms with Crippen LogP contribution in [0.3, 0.4) is 0 Å². The average molecular weight is 350 g/mol. The molecule has 138 valence electrons. The summed E-state index contributed by atoms with van der Waals surface area (Å²) in [6.07, 6.45) is -0.656. The molecule has 0 aliphatic rings. The van der Waals surface area contributed by atoms with Gasteiger partial charge in [0.1, 0.15) is 0 Å². The number of ether oxygens (including phenoxy) is 2. The lowest BCUT2D eigenvalue weighted by Crippen LogP contribution is -2.47. The molecule has 0 amide bonds. The molecule has 0 aromatic carbocycles. The standard InChI is InChI=1S/C13H22N2O9/c16-10(17)1-4-14-7-13(15-22,8-23-5-2-11(18)19)9-24-6-3-12(20)21/h14H,1-9H2,(H,16,17)(H,18,19)(H,20,21). The SMILES string of the molecule is O=NC(CNCCC(=O)O)(COCCC(=O)O)COCCC(=O)O. The fraction of sp³-hybridized carbons (Fsp3) is 0.769. The van der Waals surface area contributed by atoms with Gasteiger partial charge < -0.3 is 30.1 Å². The van der Waals surface area contributed by atoms with Gasteiger partial charge in [-0.2, -0.15) is 0 Å². The molecule has 0 spiro atoms. The van der Waals surface area contributed by atoms with Gasteiger partial charge in [0.05, 0.1) is 45.7 Å². The Balaban J connectivity index is 4.48. The number of carboxylic acids is 3. The van der Waals surface area contributed by atoms with E-state index in [1.165, 1.54) is 0 Å². The minimum atomic E-state index is -1.41. The van der Waals surface area contributed by atoms with Gasteiger partial charge in [0.2, 0.25) is 0 Å². The molecule has 11 heteroatoms. The molecule has 0 saturated heterocycles. The molecule has 0 aromatic rings. The Morgan fingerprint density at radius 2 is 1.33 bits per heavy atom. The highest BCUT2D eigenvalue weighted by Gasteiger charge is 2.32. The first-order valence-electron chi connectivity index (χ1n) is 7.17. The molecule has 11 nitrogen and oxygen atoms in total. The minimum Gasteiger partial charge on any atom is -0.481 e. The van der Waals surface area contributed by atoms with Crippen LogP contribution >= 0.6 is 0 Å². The Morgan fingerprint density at radius 3 is 1.71 bits per heavy atom. The van der Waals surface area contributed by atoms with Crippen molar-refractivity contribution >= 4 is 17.9 Å². The first-order chi connectivity index (χ1) is 11.3. The number of carbonyl (C=O) groups is 3. The smallest absolute Gasteiger partial charge is 0.305 e. The van der Waals surface area contributed by atoms with Gasteiger partial charge in [-0.3, -0.25) is 14.4 Å². The molecule has 0 fully saturated rings. The van der Waals surface area contributed by atoms with E-state index in [-0.39, 0.29) is 58.8 Å². The fourth-order valence-corrected chi connectivity index (χ4v) is 1.59. The fourth-order valence-electron chi connectivity index (χ4n) is 1.59. The van der Waals surface area contributed by atoms with Crippen LogP contribution in [0, 0.1) is 4.91 Å². The van der Waals surface area contributed by atoms with Crippen LogP contribution < -0.4 is 5.32 Å². The van der Waals surface area contributed by atoms with Crippen molar-refractivity contribution in [3.05, 3.63) is 4.91 Å². The van der Waals surface area contributed by atoms with Crippen molar-refractivity contribution < 1.29 is 39.2 Å². The number of aliphatic carboxylic acids is 3. The quantitative estimate of drug-likeness (QED) is 0.211. The highest BCUT2D eigenvalue weighted by molar-refractivity contribution is 5.67. The maximum Gasteiger partial charge on any atom is 0.305 e. The monoisotopic (exact) mass is 350 g/mol. The summed E-state index contributed by atoms with van der Waals surface area (Å²) in [6.45, 7) is -0.692. The summed E-state index contributed by atoms with van der Waals surface area (Å²) < 4.78 is 10.3. The number of rotatable bonds is 16. The number of hydrogen-bond acceptors (Lipinski definition) is 8. The molecule has 0 aliphatic carbocycles. The van der Waals surface area contributed by atoms with Gasteiger partial charge in [0, 0.05) is 13.1 Å². The summed E-state index contributed by atoms with van der Waals surface area (Å²) in [6, 6.07) is 0. The Morgan fingerprint density at radius 1 is 0.875 bits per heavy atom. The zero-order valence-corrected chi connectivity index (χ0v) is 13.1. The summed E-state index contributed by atoms with van der Waals surface area (Å²) in [4.78, 5) is 42.5. The second kappa shape index (κ2) is 12.3. The molecule has 0 bridgehead atoms. The van der Waals surface area contributed by atoms with E-state index in [2.05, 4.69) is 10.5 Å². The summed E-state index contributed by atoms with van der Waals surface area (Å²) in [5.74, 6) is -3.13. The molecule has 4 N–H and O–H groups in total. The van der Waals surface area contributed by atoms with Gasteiger partial charge in [0.15, 0.2) is 5.54 Å². The summed E-state index contributed by atoms with van der Waals surface area (Å²) in [5, 5.41) is 31.3. The van der Waals surface area contributed by atoms with E-state index < -0.39 is 23.4 Å². The van der Waals surface area contributed by atoms with Crippen molar-refractivity contribution in [2.45, 2.75) is 24.8 Å². The van der Waals surface area contributed by atoms with Crippen molar-refractivity contribution in [1.29, 1.82) is 0 Å². The van der Waals surface area contributed by atoms with Gasteiger partial charge >= 0.3 is 17.9 Å². The van der Waals surface area contributed by atoms with Crippen molar-refractivity contribution in [3.63, 3.8) is 0 Å². The van der Waals surface area contributed by atoms with E-state index in [9.17, 15) is 19.3 Å². The van der Waals surface area contributed by atoms with Gasteiger partial charge in [-0.05, 0) is 0 Å². The highest BCUT2D eigenvalue weighted by Crippen LogP contribution is 2.12. The minimum absolute atomic E-state index is 0.0517. The van der Waals surface area contributed by atoms with Crippen LogP contribution in [0.25, 0.3) is 0 Å². The first kappa shape index (κ1) is 21.9. The summed E-state index contributed by atoms with van der Waals surface area (Å²) >= 11 is 0. The molecule has 0 atom stereocenters. The zero-order chi connectivity index (χ0) is 18.4. The Hall–Kier alpha value is -2.11. The maximum atomic E-state index is 11.2. The molecule has 0 radical (unpaired) electrons. The van der Waals surface area contributed by atoms with Crippen LogP contribution in [0.5, 0.6) is 0 Å². The number of hydrogen-bond donors (Lipinski definition) is 4. The Kier molecular flexibility index (Phi) is 11.2. The van der Waals surface area contributed by atoms with Gasteiger partial charge in [-0.25, -0.2) is 0 Å². The number of nitroso groups, excluding NO2 is 1. The van der Waals surface area contributed by atoms with Crippen molar-refractivity contribution in [2.75, 3.05) is 39.5 Å². The lowest BCUT2D eigenvalue weighted by atomic mass is 10.0. The molecule has 0 rings (SSSR count). The molecular formula is C13H22N2O9. The van der Waals surface area contributed by atoms with Crippen LogP contribution in [-0.2, 0) is 23.9 Å². The largest absolute Gasteiger partial charge is 0.481 e. The van der Waals surface area contributed by atoms with Crippen molar-refractivity contribution in [1.82, 2.24) is 5.32 Å². The summed E-state index contributed by atoms with van der Waals surface area (Å²) in [5.41, 5.74) is -1.41. The van der Waals surface area contributed by atoms with E-state index in [0.717, 1.165) is 0 Å². The normalized spacial score (nSPS) is 11.2. The maximum absolute atomic E-state index is 11.2. The Bertz CT molecular complexity index is 373. The summed E-state index contributed by atoms with van der Waals surface area (Å²) in [7, 11) is 0. The molecule has 0 unspecified atom stereocenters. The van der Waals surface area contributed by atoms with Crippen LogP contribution in [0.4, 0.5) is 0 Å². The van der Waals surface area contributed by atoms with Gasteiger partial charge in [-0.1, -0.05) is 5.18 Å². The number of nitrogens with zero attached hydrogens (tertiary/aromatic N) is 1. The number of carboxylic acid groups (broad SMARTS) is 3. The van der Waals surface area contributed by atoms with E-state index in [1.807, 2.05) is 0 Å². The van der Waals surface area contributed by atoms with E-state index in [4.69, 9.17) is 24.8 Å². The second-order valence-corrected chi connectivity index (χ2v) is 5.03. The van der Waals surface area contributed by atoms with Gasteiger partial charge in [0.25, 0.3) is 0 Å². The third-order valence-corrected chi connectivity index (χ3v) is 2.83. The lowest BCUT2D eigenvalue weighted by Gasteiger charge is -2.26. The predicted octanol–water partition coefficient (Wildman–Crippen LogP) is -0.461. The third-order valence-electron chi connectivity index (χ3n) is 2.83. The van der Waals surface area contributed by atoms with Crippen LogP contribution in [0.1, 0.15) is 19.3 Å². The topological polar surface area (TPSA) is 172 Å². The van der Waals surface area contributed by atoms with Crippen LogP contribution in [0.15, 0.2) is 5.18 Å². The second-order valence-electron chi connectivity index (χ2n) is 5.03. The molecule has 0 heterocycles.